The molecule has 4 heteroatoms. The van der Waals surface area contributed by atoms with Crippen molar-refractivity contribution < 1.29 is 4.79 Å². The Hall–Kier alpha value is -1.87. The molecule has 1 heterocycles. The highest BCUT2D eigenvalue weighted by Gasteiger charge is 2.41. The van der Waals surface area contributed by atoms with E-state index in [0.717, 1.165) is 23.5 Å². The molecule has 2 atom stereocenters. The number of hydrogen-bond donors (Lipinski definition) is 1. The van der Waals surface area contributed by atoms with Gasteiger partial charge in [0.2, 0.25) is 0 Å². The first kappa shape index (κ1) is 13.8. The first-order valence-electron chi connectivity index (χ1n) is 7.70. The van der Waals surface area contributed by atoms with E-state index in [1.807, 2.05) is 24.3 Å². The third-order valence-electron chi connectivity index (χ3n) is 4.87. The molecule has 22 heavy (non-hydrogen) atoms. The van der Waals surface area contributed by atoms with E-state index in [9.17, 15) is 4.79 Å². The molecule has 0 spiro atoms. The van der Waals surface area contributed by atoms with Crippen molar-refractivity contribution in [2.75, 3.05) is 5.32 Å². The number of anilines is 2. The van der Waals surface area contributed by atoms with Crippen LogP contribution in [0.15, 0.2) is 30.5 Å². The summed E-state index contributed by atoms with van der Waals surface area (Å²) < 4.78 is 0. The Balaban J connectivity index is 1.80. The van der Waals surface area contributed by atoms with Crippen LogP contribution in [0.3, 0.4) is 0 Å². The summed E-state index contributed by atoms with van der Waals surface area (Å²) in [5.41, 5.74) is 4.23. The van der Waals surface area contributed by atoms with Gasteiger partial charge in [0.1, 0.15) is 5.82 Å². The number of hydrogen-bond acceptors (Lipinski definition) is 3. The van der Waals surface area contributed by atoms with Crippen molar-refractivity contribution in [2.24, 2.45) is 0 Å². The average Bonchev–Trinajstić information content (AvgIpc) is 3.09. The number of rotatable bonds is 3. The van der Waals surface area contributed by atoms with Crippen molar-refractivity contribution in [3.05, 3.63) is 52.2 Å². The molecule has 2 aliphatic rings. The summed E-state index contributed by atoms with van der Waals surface area (Å²) in [6.07, 6.45) is 5.28. The Kier molecular flexibility index (Phi) is 3.19. The van der Waals surface area contributed by atoms with Gasteiger partial charge in [-0.1, -0.05) is 17.7 Å². The maximum absolute atomic E-state index is 11.9. The van der Waals surface area contributed by atoms with Crippen molar-refractivity contribution in [3.63, 3.8) is 0 Å². The van der Waals surface area contributed by atoms with Crippen LogP contribution in [0.5, 0.6) is 0 Å². The summed E-state index contributed by atoms with van der Waals surface area (Å²) in [5.74, 6) is 2.07. The van der Waals surface area contributed by atoms with Crippen LogP contribution >= 0.6 is 11.6 Å². The second-order valence-corrected chi connectivity index (χ2v) is 6.68. The molecule has 1 N–H and O–H groups in total. The van der Waals surface area contributed by atoms with Crippen molar-refractivity contribution >= 4 is 28.9 Å². The Morgan fingerprint density at radius 3 is 2.77 bits per heavy atom. The van der Waals surface area contributed by atoms with Crippen LogP contribution in [0.4, 0.5) is 11.5 Å². The number of nitrogens with zero attached hydrogens (tertiary/aromatic N) is 1. The summed E-state index contributed by atoms with van der Waals surface area (Å²) in [6, 6.07) is 7.64. The predicted molar refractivity (Wildman–Crippen MR) is 88.3 cm³/mol. The standard InChI is InChI=1S/C18H17ClN2O/c1-10(22)15-9-20-18(21-14-4-2-3-13(19)8-14)17-12-6-5-11(7-12)16(15)17/h2-4,8-9,11-12H,5-7H2,1H3,(H,20,21). The summed E-state index contributed by atoms with van der Waals surface area (Å²) in [4.78, 5) is 16.5. The number of carbonyl (C=O) groups is 1. The monoisotopic (exact) mass is 312 g/mol. The molecule has 4 rings (SSSR count). The SMILES string of the molecule is CC(=O)c1cnc(Nc2cccc(Cl)c2)c2c1C1CCC2C1. The first-order valence-corrected chi connectivity index (χ1v) is 8.07. The summed E-state index contributed by atoms with van der Waals surface area (Å²) >= 11 is 6.05. The number of Topliss-reactive ketones (excluding diaryl/α,β-unsaturated/α-hetero) is 1. The van der Waals surface area contributed by atoms with Crippen molar-refractivity contribution in [3.8, 4) is 0 Å². The molecular weight excluding hydrogens is 296 g/mol. The predicted octanol–water partition coefficient (Wildman–Crippen LogP) is 5.05. The number of nitrogens with one attached hydrogen (secondary N) is 1. The second kappa shape index (κ2) is 5.10. The maximum Gasteiger partial charge on any atom is 0.161 e. The van der Waals surface area contributed by atoms with Gasteiger partial charge in [-0.3, -0.25) is 4.79 Å². The molecule has 2 unspecified atom stereocenters. The lowest BCUT2D eigenvalue weighted by Crippen LogP contribution is -2.10. The minimum atomic E-state index is 0.116. The molecule has 2 aliphatic carbocycles. The van der Waals surface area contributed by atoms with Gasteiger partial charge in [-0.2, -0.15) is 0 Å². The van der Waals surface area contributed by atoms with Crippen LogP contribution in [0, 0.1) is 0 Å². The van der Waals surface area contributed by atoms with E-state index in [1.54, 1.807) is 13.1 Å². The van der Waals surface area contributed by atoms with Crippen LogP contribution < -0.4 is 5.32 Å². The van der Waals surface area contributed by atoms with Gasteiger partial charge in [-0.15, -0.1) is 0 Å². The van der Waals surface area contributed by atoms with E-state index in [4.69, 9.17) is 11.6 Å². The zero-order chi connectivity index (χ0) is 15.3. The van der Waals surface area contributed by atoms with Gasteiger partial charge in [0.25, 0.3) is 0 Å². The lowest BCUT2D eigenvalue weighted by molar-refractivity contribution is 0.101. The molecule has 1 saturated carbocycles. The Bertz CT molecular complexity index is 772. The number of benzene rings is 1. The highest BCUT2D eigenvalue weighted by atomic mass is 35.5. The lowest BCUT2D eigenvalue weighted by atomic mass is 9.88. The Morgan fingerprint density at radius 2 is 2.05 bits per heavy atom. The van der Waals surface area contributed by atoms with E-state index in [0.29, 0.717) is 16.9 Å². The number of pyridine rings is 1. The Morgan fingerprint density at radius 1 is 1.27 bits per heavy atom. The topological polar surface area (TPSA) is 42.0 Å². The molecule has 112 valence electrons. The normalized spacial score (nSPS) is 21.7. The molecule has 0 aliphatic heterocycles. The fourth-order valence-electron chi connectivity index (χ4n) is 3.98. The summed E-state index contributed by atoms with van der Waals surface area (Å²) in [7, 11) is 0. The first-order chi connectivity index (χ1) is 10.6. The molecule has 1 aromatic heterocycles. The number of aromatic nitrogens is 1. The summed E-state index contributed by atoms with van der Waals surface area (Å²) in [6.45, 7) is 1.63. The zero-order valence-electron chi connectivity index (χ0n) is 12.4. The van der Waals surface area contributed by atoms with Gasteiger partial charge >= 0.3 is 0 Å². The van der Waals surface area contributed by atoms with Crippen LogP contribution in [-0.2, 0) is 0 Å². The van der Waals surface area contributed by atoms with E-state index >= 15 is 0 Å². The van der Waals surface area contributed by atoms with Crippen molar-refractivity contribution in [2.45, 2.75) is 38.0 Å². The smallest absolute Gasteiger partial charge is 0.161 e. The Labute approximate surface area is 134 Å². The molecule has 2 bridgehead atoms. The minimum Gasteiger partial charge on any atom is -0.340 e. The number of halogens is 1. The number of fused-ring (bicyclic) bond motifs is 5. The molecule has 3 nitrogen and oxygen atoms in total. The molecule has 0 amide bonds. The molecule has 0 radical (unpaired) electrons. The molecule has 1 aromatic carbocycles. The van der Waals surface area contributed by atoms with Gasteiger partial charge in [0, 0.05) is 28.0 Å². The maximum atomic E-state index is 11.9. The largest absolute Gasteiger partial charge is 0.340 e. The third-order valence-corrected chi connectivity index (χ3v) is 5.11. The second-order valence-electron chi connectivity index (χ2n) is 6.25. The van der Waals surface area contributed by atoms with Crippen molar-refractivity contribution in [1.82, 2.24) is 4.98 Å². The van der Waals surface area contributed by atoms with Gasteiger partial charge in [0.15, 0.2) is 5.78 Å². The van der Waals surface area contributed by atoms with E-state index in [-0.39, 0.29) is 5.78 Å². The fraction of sp³-hybridized carbons (Fsp3) is 0.333. The summed E-state index contributed by atoms with van der Waals surface area (Å²) in [5, 5.41) is 4.09. The van der Waals surface area contributed by atoms with E-state index in [1.165, 1.54) is 24.0 Å². The average molecular weight is 313 g/mol. The van der Waals surface area contributed by atoms with Gasteiger partial charge < -0.3 is 5.32 Å². The quantitative estimate of drug-likeness (QED) is 0.807. The molecule has 2 aromatic rings. The van der Waals surface area contributed by atoms with Crippen molar-refractivity contribution in [1.29, 1.82) is 0 Å². The van der Waals surface area contributed by atoms with Crippen LogP contribution in [0.2, 0.25) is 5.02 Å². The van der Waals surface area contributed by atoms with Gasteiger partial charge in [-0.25, -0.2) is 4.98 Å². The van der Waals surface area contributed by atoms with Crippen LogP contribution in [-0.4, -0.2) is 10.8 Å². The number of ketones is 1. The highest BCUT2D eigenvalue weighted by molar-refractivity contribution is 6.30. The number of carbonyl (C=O) groups excluding carboxylic acids is 1. The van der Waals surface area contributed by atoms with Crippen LogP contribution in [0.25, 0.3) is 0 Å². The molecular formula is C18H17ClN2O. The molecule has 1 fully saturated rings. The zero-order valence-corrected chi connectivity index (χ0v) is 13.2. The third kappa shape index (κ3) is 2.12. The van der Waals surface area contributed by atoms with E-state index < -0.39 is 0 Å². The van der Waals surface area contributed by atoms with Crippen LogP contribution in [0.1, 0.15) is 59.5 Å². The van der Waals surface area contributed by atoms with Gasteiger partial charge in [0.05, 0.1) is 0 Å². The van der Waals surface area contributed by atoms with E-state index in [2.05, 4.69) is 10.3 Å². The lowest BCUT2D eigenvalue weighted by Gasteiger charge is -2.21. The molecule has 0 saturated heterocycles. The fourth-order valence-corrected chi connectivity index (χ4v) is 4.17. The highest BCUT2D eigenvalue weighted by Crippen LogP contribution is 2.56. The van der Waals surface area contributed by atoms with Gasteiger partial charge in [-0.05, 0) is 61.8 Å². The minimum absolute atomic E-state index is 0.116.